The van der Waals surface area contributed by atoms with Gasteiger partial charge in [0.1, 0.15) is 5.75 Å². The highest BCUT2D eigenvalue weighted by Crippen LogP contribution is 2.29. The molecule has 0 aliphatic heterocycles. The minimum atomic E-state index is -0.802. The first-order chi connectivity index (χ1) is 8.72. The summed E-state index contributed by atoms with van der Waals surface area (Å²) in [5, 5.41) is 11.2. The molecule has 0 aliphatic rings. The molecule has 0 saturated heterocycles. The smallest absolute Gasteiger partial charge is 0.312 e. The first kappa shape index (κ1) is 12.6. The van der Waals surface area contributed by atoms with Crippen LogP contribution < -0.4 is 4.74 Å². The maximum Gasteiger partial charge on any atom is 0.312 e. The Morgan fingerprint density at radius 2 is 2.11 bits per heavy atom. The van der Waals surface area contributed by atoms with Gasteiger partial charge in [-0.05, 0) is 29.5 Å². The Bertz CT molecular complexity index is 520. The third kappa shape index (κ3) is 2.71. The predicted molar refractivity (Wildman–Crippen MR) is 71.4 cm³/mol. The Balaban J connectivity index is 2.27. The summed E-state index contributed by atoms with van der Waals surface area (Å²) in [4.78, 5) is 12.2. The molecular formula is C14H14O3S. The van der Waals surface area contributed by atoms with Crippen LogP contribution in [0.1, 0.15) is 16.4 Å². The zero-order valence-corrected chi connectivity index (χ0v) is 10.8. The summed E-state index contributed by atoms with van der Waals surface area (Å²) in [6, 6.07) is 11.3. The third-order valence-corrected chi connectivity index (χ3v) is 3.79. The van der Waals surface area contributed by atoms with Crippen LogP contribution in [0, 0.1) is 0 Å². The molecule has 18 heavy (non-hydrogen) atoms. The summed E-state index contributed by atoms with van der Waals surface area (Å²) in [6.07, 6.45) is 0.444. The van der Waals surface area contributed by atoms with E-state index in [9.17, 15) is 9.90 Å². The molecule has 0 spiro atoms. The largest absolute Gasteiger partial charge is 0.496 e. The van der Waals surface area contributed by atoms with Gasteiger partial charge in [0.25, 0.3) is 0 Å². The van der Waals surface area contributed by atoms with Crippen LogP contribution >= 0.6 is 11.3 Å². The van der Waals surface area contributed by atoms with Crippen molar-refractivity contribution in [2.75, 3.05) is 7.11 Å². The van der Waals surface area contributed by atoms with Crippen LogP contribution in [0.2, 0.25) is 0 Å². The molecule has 2 rings (SSSR count). The van der Waals surface area contributed by atoms with Gasteiger partial charge in [0.05, 0.1) is 13.0 Å². The number of carboxylic acids is 1. The van der Waals surface area contributed by atoms with Crippen molar-refractivity contribution in [3.63, 3.8) is 0 Å². The van der Waals surface area contributed by atoms with Gasteiger partial charge in [0, 0.05) is 4.88 Å². The van der Waals surface area contributed by atoms with E-state index in [4.69, 9.17) is 4.74 Å². The first-order valence-electron chi connectivity index (χ1n) is 5.60. The highest BCUT2D eigenvalue weighted by Gasteiger charge is 2.22. The summed E-state index contributed by atoms with van der Waals surface area (Å²) in [5.74, 6) is -0.579. The summed E-state index contributed by atoms with van der Waals surface area (Å²) in [5.41, 5.74) is 0.917. The minimum Gasteiger partial charge on any atom is -0.496 e. The molecule has 94 valence electrons. The van der Waals surface area contributed by atoms with Gasteiger partial charge in [-0.3, -0.25) is 4.79 Å². The van der Waals surface area contributed by atoms with Crippen molar-refractivity contribution in [1.82, 2.24) is 0 Å². The molecule has 2 aromatic rings. The Hall–Kier alpha value is -1.81. The summed E-state index contributed by atoms with van der Waals surface area (Å²) >= 11 is 1.47. The predicted octanol–water partition coefficient (Wildman–Crippen LogP) is 3.17. The number of carbonyl (C=O) groups is 1. The number of carboxylic acid groups (broad SMARTS) is 1. The topological polar surface area (TPSA) is 46.5 Å². The summed E-state index contributed by atoms with van der Waals surface area (Å²) in [6.45, 7) is 0. The van der Waals surface area contributed by atoms with Gasteiger partial charge in [-0.2, -0.15) is 0 Å². The standard InChI is InChI=1S/C14H14O3S/c1-17-12-6-3-2-5-10(12)9-11(14(15)16)13-7-4-8-18-13/h2-8,11H,9H2,1H3,(H,15,16). The lowest BCUT2D eigenvalue weighted by Gasteiger charge is -2.13. The Kier molecular flexibility index (Phi) is 3.99. The molecule has 1 N–H and O–H groups in total. The first-order valence-corrected chi connectivity index (χ1v) is 6.48. The van der Waals surface area contributed by atoms with E-state index >= 15 is 0 Å². The second kappa shape index (κ2) is 5.69. The van der Waals surface area contributed by atoms with Crippen molar-refractivity contribution in [3.8, 4) is 5.75 Å². The lowest BCUT2D eigenvalue weighted by molar-refractivity contribution is -0.138. The molecular weight excluding hydrogens is 248 g/mol. The second-order valence-corrected chi connectivity index (χ2v) is 4.90. The number of methoxy groups -OCH3 is 1. The van der Waals surface area contributed by atoms with E-state index in [2.05, 4.69) is 0 Å². The monoisotopic (exact) mass is 262 g/mol. The zero-order chi connectivity index (χ0) is 13.0. The van der Waals surface area contributed by atoms with E-state index in [0.717, 1.165) is 16.2 Å². The summed E-state index contributed by atoms with van der Waals surface area (Å²) in [7, 11) is 1.60. The highest BCUT2D eigenvalue weighted by atomic mass is 32.1. The zero-order valence-electron chi connectivity index (χ0n) is 10.00. The molecule has 4 heteroatoms. The van der Waals surface area contributed by atoms with E-state index in [-0.39, 0.29) is 0 Å². The van der Waals surface area contributed by atoms with Crippen molar-refractivity contribution in [2.24, 2.45) is 0 Å². The molecule has 0 amide bonds. The number of thiophene rings is 1. The molecule has 0 fully saturated rings. The van der Waals surface area contributed by atoms with E-state index in [1.54, 1.807) is 7.11 Å². The van der Waals surface area contributed by atoms with E-state index < -0.39 is 11.9 Å². The molecule has 0 aliphatic carbocycles. The number of hydrogen-bond donors (Lipinski definition) is 1. The molecule has 1 unspecified atom stereocenters. The average molecular weight is 262 g/mol. The van der Waals surface area contributed by atoms with Crippen LogP contribution in [0.15, 0.2) is 41.8 Å². The Labute approximate surface area is 110 Å². The lowest BCUT2D eigenvalue weighted by atomic mass is 9.97. The van der Waals surface area contributed by atoms with E-state index in [0.29, 0.717) is 6.42 Å². The average Bonchev–Trinajstić information content (AvgIpc) is 2.89. The van der Waals surface area contributed by atoms with Gasteiger partial charge in [-0.15, -0.1) is 11.3 Å². The van der Waals surface area contributed by atoms with Gasteiger partial charge in [-0.25, -0.2) is 0 Å². The highest BCUT2D eigenvalue weighted by molar-refractivity contribution is 7.10. The number of aliphatic carboxylic acids is 1. The fourth-order valence-electron chi connectivity index (χ4n) is 1.89. The molecule has 0 bridgehead atoms. The number of ether oxygens (including phenoxy) is 1. The maximum absolute atomic E-state index is 11.4. The van der Waals surface area contributed by atoms with Crippen LogP contribution in [0.3, 0.4) is 0 Å². The van der Waals surface area contributed by atoms with Crippen molar-refractivity contribution in [1.29, 1.82) is 0 Å². The molecule has 1 atom stereocenters. The quantitative estimate of drug-likeness (QED) is 0.900. The molecule has 0 saturated carbocycles. The minimum absolute atomic E-state index is 0.444. The fraction of sp³-hybridized carbons (Fsp3) is 0.214. The van der Waals surface area contributed by atoms with Crippen molar-refractivity contribution in [3.05, 3.63) is 52.2 Å². The van der Waals surface area contributed by atoms with Gasteiger partial charge in [-0.1, -0.05) is 24.3 Å². The fourth-order valence-corrected chi connectivity index (χ4v) is 2.71. The molecule has 0 radical (unpaired) electrons. The molecule has 1 aromatic carbocycles. The van der Waals surface area contributed by atoms with Gasteiger partial charge in [0.15, 0.2) is 0 Å². The second-order valence-electron chi connectivity index (χ2n) is 3.92. The van der Waals surface area contributed by atoms with Gasteiger partial charge in [0.2, 0.25) is 0 Å². The Morgan fingerprint density at radius 1 is 1.33 bits per heavy atom. The van der Waals surface area contributed by atoms with Crippen molar-refractivity contribution < 1.29 is 14.6 Å². The van der Waals surface area contributed by atoms with Crippen LogP contribution in [0.5, 0.6) is 5.75 Å². The number of hydrogen-bond acceptors (Lipinski definition) is 3. The molecule has 3 nitrogen and oxygen atoms in total. The third-order valence-electron chi connectivity index (χ3n) is 2.80. The number of rotatable bonds is 5. The normalized spacial score (nSPS) is 12.1. The van der Waals surface area contributed by atoms with Gasteiger partial charge >= 0.3 is 5.97 Å². The SMILES string of the molecule is COc1ccccc1CC(C(=O)O)c1cccs1. The summed E-state index contributed by atoms with van der Waals surface area (Å²) < 4.78 is 5.25. The van der Waals surface area contributed by atoms with Crippen LogP contribution in [0.4, 0.5) is 0 Å². The lowest BCUT2D eigenvalue weighted by Crippen LogP contribution is -2.13. The van der Waals surface area contributed by atoms with E-state index in [1.165, 1.54) is 11.3 Å². The Morgan fingerprint density at radius 3 is 2.72 bits per heavy atom. The van der Waals surface area contributed by atoms with Gasteiger partial charge < -0.3 is 9.84 Å². The van der Waals surface area contributed by atoms with Crippen LogP contribution in [-0.4, -0.2) is 18.2 Å². The number of benzene rings is 1. The van der Waals surface area contributed by atoms with Crippen molar-refractivity contribution in [2.45, 2.75) is 12.3 Å². The van der Waals surface area contributed by atoms with Crippen LogP contribution in [-0.2, 0) is 11.2 Å². The molecule has 1 aromatic heterocycles. The van der Waals surface area contributed by atoms with Crippen LogP contribution in [0.25, 0.3) is 0 Å². The molecule has 1 heterocycles. The van der Waals surface area contributed by atoms with E-state index in [1.807, 2.05) is 41.8 Å². The number of para-hydroxylation sites is 1. The maximum atomic E-state index is 11.4. The van der Waals surface area contributed by atoms with Crippen molar-refractivity contribution >= 4 is 17.3 Å².